The highest BCUT2D eigenvalue weighted by atomic mass is 16.6. The number of alkyl carbamates (subject to hydrolysis) is 1. The molecule has 7 nitrogen and oxygen atoms in total. The summed E-state index contributed by atoms with van der Waals surface area (Å²) in [7, 11) is 0. The number of carboxylic acids is 1. The Morgan fingerprint density at radius 1 is 1.36 bits per heavy atom. The van der Waals surface area contributed by atoms with Crippen molar-refractivity contribution in [1.29, 1.82) is 0 Å². The lowest BCUT2D eigenvalue weighted by Crippen LogP contribution is -2.52. The molecular formula is C18H28N2O5. The molecule has 0 aromatic heterocycles. The number of nitrogens with zero attached hydrogens (tertiary/aromatic N) is 1. The van der Waals surface area contributed by atoms with Gasteiger partial charge in [-0.2, -0.15) is 0 Å². The van der Waals surface area contributed by atoms with Crippen LogP contribution in [0.4, 0.5) is 4.79 Å². The average molecular weight is 352 g/mol. The van der Waals surface area contributed by atoms with Crippen molar-refractivity contribution < 1.29 is 24.2 Å². The number of carbonyl (C=O) groups is 3. The third-order valence-corrected chi connectivity index (χ3v) is 3.65. The molecule has 1 unspecified atom stereocenters. The average Bonchev–Trinajstić information content (AvgIpc) is 2.97. The van der Waals surface area contributed by atoms with Crippen LogP contribution >= 0.6 is 0 Å². The van der Waals surface area contributed by atoms with Gasteiger partial charge in [-0.05, 0) is 46.5 Å². The molecule has 0 radical (unpaired) electrons. The summed E-state index contributed by atoms with van der Waals surface area (Å²) in [4.78, 5) is 37.4. The van der Waals surface area contributed by atoms with E-state index in [1.165, 1.54) is 4.90 Å². The fourth-order valence-corrected chi connectivity index (χ4v) is 2.58. The number of rotatable bonds is 7. The van der Waals surface area contributed by atoms with Crippen molar-refractivity contribution in [2.45, 2.75) is 64.1 Å². The Hall–Kier alpha value is -2.31. The Morgan fingerprint density at radius 2 is 2.04 bits per heavy atom. The van der Waals surface area contributed by atoms with E-state index in [1.807, 2.05) is 6.08 Å². The van der Waals surface area contributed by atoms with Gasteiger partial charge in [-0.1, -0.05) is 18.2 Å². The molecule has 1 heterocycles. The molecule has 2 N–H and O–H groups in total. The molecule has 25 heavy (non-hydrogen) atoms. The Balaban J connectivity index is 2.85. The zero-order chi connectivity index (χ0) is 19.0. The molecule has 140 valence electrons. The van der Waals surface area contributed by atoms with Gasteiger partial charge in [0.1, 0.15) is 17.7 Å². The van der Waals surface area contributed by atoms with Gasteiger partial charge in [-0.15, -0.1) is 6.58 Å². The van der Waals surface area contributed by atoms with E-state index in [0.717, 1.165) is 0 Å². The normalized spacial score (nSPS) is 18.8. The maximum absolute atomic E-state index is 12.8. The Kier molecular flexibility index (Phi) is 7.67. The van der Waals surface area contributed by atoms with Crippen molar-refractivity contribution in [3.8, 4) is 0 Å². The van der Waals surface area contributed by atoms with Crippen LogP contribution in [0, 0.1) is 0 Å². The Bertz CT molecular complexity index is 536. The standard InChI is InChI=1S/C18H28N2O5/c1-5-6-7-8-10-13(19-17(24)25-18(2,3)4)15(21)20-12-9-11-14(20)16(22)23/h5,7-8,13-14H,1,6,9-12H2,2-4H3,(H,19,24)(H,22,23)/t13-,14?/m0/s1. The van der Waals surface area contributed by atoms with Crippen molar-refractivity contribution in [3.63, 3.8) is 0 Å². The highest BCUT2D eigenvalue weighted by Gasteiger charge is 2.37. The van der Waals surface area contributed by atoms with Crippen LogP contribution in [0.15, 0.2) is 24.8 Å². The molecule has 0 bridgehead atoms. The maximum atomic E-state index is 12.8. The largest absolute Gasteiger partial charge is 0.480 e. The molecule has 2 amide bonds. The molecule has 1 fully saturated rings. The number of carbonyl (C=O) groups excluding carboxylic acids is 2. The van der Waals surface area contributed by atoms with Gasteiger partial charge in [0.25, 0.3) is 0 Å². The quantitative estimate of drug-likeness (QED) is 0.686. The first-order chi connectivity index (χ1) is 11.7. The molecular weight excluding hydrogens is 324 g/mol. The van der Waals surface area contributed by atoms with E-state index in [0.29, 0.717) is 25.8 Å². The highest BCUT2D eigenvalue weighted by molar-refractivity contribution is 5.89. The van der Waals surface area contributed by atoms with Crippen LogP contribution in [0.5, 0.6) is 0 Å². The minimum Gasteiger partial charge on any atom is -0.480 e. The number of aliphatic carboxylic acids is 1. The lowest BCUT2D eigenvalue weighted by Gasteiger charge is -2.28. The summed E-state index contributed by atoms with van der Waals surface area (Å²) >= 11 is 0. The summed E-state index contributed by atoms with van der Waals surface area (Å²) in [5.74, 6) is -1.43. The van der Waals surface area contributed by atoms with Gasteiger partial charge in [0, 0.05) is 6.54 Å². The second-order valence-electron chi connectivity index (χ2n) is 6.96. The number of nitrogens with one attached hydrogen (secondary N) is 1. The summed E-state index contributed by atoms with van der Waals surface area (Å²) < 4.78 is 5.21. The molecule has 1 rings (SSSR count). The molecule has 1 saturated heterocycles. The molecule has 0 aromatic rings. The van der Waals surface area contributed by atoms with Crippen LogP contribution in [-0.4, -0.2) is 52.2 Å². The zero-order valence-corrected chi connectivity index (χ0v) is 15.2. The van der Waals surface area contributed by atoms with Gasteiger partial charge in [0.15, 0.2) is 0 Å². The lowest BCUT2D eigenvalue weighted by molar-refractivity contribution is -0.148. The van der Waals surface area contributed by atoms with Gasteiger partial charge >= 0.3 is 12.1 Å². The van der Waals surface area contributed by atoms with E-state index in [2.05, 4.69) is 11.9 Å². The van der Waals surface area contributed by atoms with E-state index in [-0.39, 0.29) is 6.42 Å². The SMILES string of the molecule is C=CCC=CC[C@H](NC(=O)OC(C)(C)C)C(=O)N1CCCC1C(=O)O. The number of allylic oxidation sites excluding steroid dienone is 2. The fraction of sp³-hybridized carbons (Fsp3) is 0.611. The van der Waals surface area contributed by atoms with Gasteiger partial charge in [-0.25, -0.2) is 9.59 Å². The maximum Gasteiger partial charge on any atom is 0.408 e. The number of hydrogen-bond donors (Lipinski definition) is 2. The Labute approximate surface area is 148 Å². The smallest absolute Gasteiger partial charge is 0.408 e. The van der Waals surface area contributed by atoms with Crippen molar-refractivity contribution >= 4 is 18.0 Å². The summed E-state index contributed by atoms with van der Waals surface area (Å²) in [5.41, 5.74) is -0.687. The molecule has 0 spiro atoms. The molecule has 0 aliphatic carbocycles. The predicted molar refractivity (Wildman–Crippen MR) is 94.1 cm³/mol. The number of likely N-dealkylation sites (tertiary alicyclic amines) is 1. The van der Waals surface area contributed by atoms with Gasteiger partial charge in [0.05, 0.1) is 0 Å². The first kappa shape index (κ1) is 20.7. The van der Waals surface area contributed by atoms with Crippen molar-refractivity contribution in [1.82, 2.24) is 10.2 Å². The first-order valence-corrected chi connectivity index (χ1v) is 8.44. The van der Waals surface area contributed by atoms with Crippen LogP contribution < -0.4 is 5.32 Å². The van der Waals surface area contributed by atoms with E-state index in [1.54, 1.807) is 32.9 Å². The molecule has 0 aromatic carbocycles. The lowest BCUT2D eigenvalue weighted by atomic mass is 10.1. The molecule has 1 aliphatic heterocycles. The summed E-state index contributed by atoms with van der Waals surface area (Å²) in [6.07, 6.45) is 6.59. The summed E-state index contributed by atoms with van der Waals surface area (Å²) in [6, 6.07) is -1.71. The minimum atomic E-state index is -1.02. The third kappa shape index (κ3) is 6.99. The second kappa shape index (κ2) is 9.25. The van der Waals surface area contributed by atoms with E-state index in [9.17, 15) is 19.5 Å². The molecule has 1 aliphatic rings. The Morgan fingerprint density at radius 3 is 2.60 bits per heavy atom. The first-order valence-electron chi connectivity index (χ1n) is 8.44. The summed E-state index contributed by atoms with van der Waals surface area (Å²) in [6.45, 7) is 9.18. The molecule has 2 atom stereocenters. The van der Waals surface area contributed by atoms with Gasteiger partial charge in [-0.3, -0.25) is 4.79 Å². The molecule has 7 heteroatoms. The third-order valence-electron chi connectivity index (χ3n) is 3.65. The van der Waals surface area contributed by atoms with Crippen LogP contribution in [0.2, 0.25) is 0 Å². The monoisotopic (exact) mass is 352 g/mol. The minimum absolute atomic E-state index is 0.259. The van der Waals surface area contributed by atoms with Crippen molar-refractivity contribution in [2.75, 3.05) is 6.54 Å². The second-order valence-corrected chi connectivity index (χ2v) is 6.96. The van der Waals surface area contributed by atoms with Crippen LogP contribution in [0.25, 0.3) is 0 Å². The fourth-order valence-electron chi connectivity index (χ4n) is 2.58. The van der Waals surface area contributed by atoms with Crippen LogP contribution in [-0.2, 0) is 14.3 Å². The number of amides is 2. The topological polar surface area (TPSA) is 95.9 Å². The van der Waals surface area contributed by atoms with Crippen molar-refractivity contribution in [3.05, 3.63) is 24.8 Å². The van der Waals surface area contributed by atoms with E-state index in [4.69, 9.17) is 4.74 Å². The van der Waals surface area contributed by atoms with E-state index >= 15 is 0 Å². The highest BCUT2D eigenvalue weighted by Crippen LogP contribution is 2.19. The summed E-state index contributed by atoms with van der Waals surface area (Å²) in [5, 5.41) is 11.8. The number of carboxylic acid groups (broad SMARTS) is 1. The van der Waals surface area contributed by atoms with Gasteiger partial charge < -0.3 is 20.1 Å². The van der Waals surface area contributed by atoms with E-state index < -0.39 is 35.7 Å². The van der Waals surface area contributed by atoms with Crippen LogP contribution in [0.1, 0.15) is 46.5 Å². The molecule has 0 saturated carbocycles. The number of ether oxygens (including phenoxy) is 1. The van der Waals surface area contributed by atoms with Crippen LogP contribution in [0.3, 0.4) is 0 Å². The zero-order valence-electron chi connectivity index (χ0n) is 15.2. The predicted octanol–water partition coefficient (Wildman–Crippen LogP) is 2.48. The van der Waals surface area contributed by atoms with Crippen molar-refractivity contribution in [2.24, 2.45) is 0 Å². The van der Waals surface area contributed by atoms with Gasteiger partial charge in [0.2, 0.25) is 5.91 Å². The number of hydrogen-bond acceptors (Lipinski definition) is 4.